The SMILES string of the molecule is COc1ccc([C@@H](CC(=O)[O-])NC(=O)c2ccccc2Cl)cc1. The number of ether oxygens (including phenoxy) is 1. The van der Waals surface area contributed by atoms with Crippen molar-refractivity contribution in [3.63, 3.8) is 0 Å². The molecule has 1 N–H and O–H groups in total. The molecule has 0 fully saturated rings. The Bertz CT molecular complexity index is 700. The van der Waals surface area contributed by atoms with E-state index in [0.29, 0.717) is 16.3 Å². The molecule has 0 heterocycles. The molecule has 0 spiro atoms. The van der Waals surface area contributed by atoms with Crippen molar-refractivity contribution in [1.29, 1.82) is 0 Å². The van der Waals surface area contributed by atoms with E-state index in [2.05, 4.69) is 5.32 Å². The van der Waals surface area contributed by atoms with Crippen LogP contribution in [0.15, 0.2) is 48.5 Å². The minimum absolute atomic E-state index is 0.283. The molecule has 2 aromatic rings. The second-order valence-corrected chi connectivity index (χ2v) is 5.26. The maximum atomic E-state index is 12.3. The van der Waals surface area contributed by atoms with E-state index >= 15 is 0 Å². The van der Waals surface area contributed by atoms with Gasteiger partial charge < -0.3 is 20.0 Å². The third kappa shape index (κ3) is 4.47. The van der Waals surface area contributed by atoms with E-state index in [4.69, 9.17) is 16.3 Å². The fourth-order valence-electron chi connectivity index (χ4n) is 2.14. The van der Waals surface area contributed by atoms with Crippen molar-refractivity contribution in [2.24, 2.45) is 0 Å². The summed E-state index contributed by atoms with van der Waals surface area (Å²) < 4.78 is 5.06. The van der Waals surface area contributed by atoms with Crippen LogP contribution in [0.4, 0.5) is 0 Å². The average molecular weight is 333 g/mol. The van der Waals surface area contributed by atoms with Gasteiger partial charge in [-0.1, -0.05) is 35.9 Å². The lowest BCUT2D eigenvalue weighted by Gasteiger charge is -2.20. The van der Waals surface area contributed by atoms with E-state index < -0.39 is 17.9 Å². The molecule has 5 nitrogen and oxygen atoms in total. The summed E-state index contributed by atoms with van der Waals surface area (Å²) in [6, 6.07) is 12.6. The van der Waals surface area contributed by atoms with Crippen LogP contribution >= 0.6 is 11.6 Å². The maximum absolute atomic E-state index is 12.3. The molecule has 0 saturated carbocycles. The molecule has 0 aliphatic rings. The van der Waals surface area contributed by atoms with Crippen LogP contribution in [0.25, 0.3) is 0 Å². The largest absolute Gasteiger partial charge is 0.550 e. The molecular weight excluding hydrogens is 318 g/mol. The van der Waals surface area contributed by atoms with Gasteiger partial charge >= 0.3 is 0 Å². The maximum Gasteiger partial charge on any atom is 0.253 e. The van der Waals surface area contributed by atoms with Gasteiger partial charge in [0.05, 0.1) is 23.7 Å². The molecule has 0 bridgehead atoms. The molecule has 23 heavy (non-hydrogen) atoms. The van der Waals surface area contributed by atoms with Crippen molar-refractivity contribution in [3.05, 3.63) is 64.7 Å². The topological polar surface area (TPSA) is 78.5 Å². The summed E-state index contributed by atoms with van der Waals surface area (Å²) in [7, 11) is 1.53. The molecule has 2 aromatic carbocycles. The van der Waals surface area contributed by atoms with E-state index in [0.717, 1.165) is 0 Å². The van der Waals surface area contributed by atoms with Crippen LogP contribution in [-0.4, -0.2) is 19.0 Å². The van der Waals surface area contributed by atoms with Gasteiger partial charge in [-0.15, -0.1) is 0 Å². The molecule has 0 unspecified atom stereocenters. The smallest absolute Gasteiger partial charge is 0.253 e. The standard InChI is InChI=1S/C17H16ClNO4/c1-23-12-8-6-11(7-9-12)15(10-16(20)21)19-17(22)13-4-2-3-5-14(13)18/h2-9,15H,10H2,1H3,(H,19,22)(H,20,21)/p-1/t15-/m1/s1. The number of hydrogen-bond donors (Lipinski definition) is 1. The number of carboxylic acids is 1. The Hall–Kier alpha value is -2.53. The lowest BCUT2D eigenvalue weighted by Crippen LogP contribution is -2.34. The van der Waals surface area contributed by atoms with Gasteiger partial charge in [0.2, 0.25) is 0 Å². The van der Waals surface area contributed by atoms with Crippen molar-refractivity contribution in [2.75, 3.05) is 7.11 Å². The zero-order valence-corrected chi connectivity index (χ0v) is 13.2. The Balaban J connectivity index is 2.23. The second kappa shape index (κ2) is 7.65. The predicted molar refractivity (Wildman–Crippen MR) is 84.3 cm³/mol. The van der Waals surface area contributed by atoms with Crippen LogP contribution in [0.1, 0.15) is 28.4 Å². The highest BCUT2D eigenvalue weighted by Gasteiger charge is 2.17. The number of nitrogens with one attached hydrogen (secondary N) is 1. The monoisotopic (exact) mass is 332 g/mol. The Morgan fingerprint density at radius 1 is 1.17 bits per heavy atom. The zero-order chi connectivity index (χ0) is 16.8. The number of methoxy groups -OCH3 is 1. The van der Waals surface area contributed by atoms with Gasteiger partial charge in [-0.2, -0.15) is 0 Å². The number of carbonyl (C=O) groups is 2. The van der Waals surface area contributed by atoms with Gasteiger partial charge in [0.15, 0.2) is 0 Å². The normalized spacial score (nSPS) is 11.6. The highest BCUT2D eigenvalue weighted by Crippen LogP contribution is 2.22. The Morgan fingerprint density at radius 2 is 1.83 bits per heavy atom. The Morgan fingerprint density at radius 3 is 2.39 bits per heavy atom. The number of hydrogen-bond acceptors (Lipinski definition) is 4. The van der Waals surface area contributed by atoms with Gasteiger partial charge in [-0.3, -0.25) is 4.79 Å². The quantitative estimate of drug-likeness (QED) is 0.877. The average Bonchev–Trinajstić information content (AvgIpc) is 2.54. The minimum Gasteiger partial charge on any atom is -0.550 e. The number of aliphatic carboxylic acids is 1. The van der Waals surface area contributed by atoms with Crippen LogP contribution in [0, 0.1) is 0 Å². The summed E-state index contributed by atoms with van der Waals surface area (Å²) in [5.74, 6) is -1.07. The van der Waals surface area contributed by atoms with Gasteiger partial charge in [-0.05, 0) is 29.8 Å². The molecule has 2 rings (SSSR count). The number of rotatable bonds is 6. The fourth-order valence-corrected chi connectivity index (χ4v) is 2.36. The number of benzene rings is 2. The van der Waals surface area contributed by atoms with Gasteiger partial charge in [0.1, 0.15) is 5.75 Å². The van der Waals surface area contributed by atoms with E-state index in [1.807, 2.05) is 0 Å². The first kappa shape index (κ1) is 16.8. The van der Waals surface area contributed by atoms with Gasteiger partial charge in [0, 0.05) is 12.4 Å². The number of halogens is 1. The second-order valence-electron chi connectivity index (χ2n) is 4.86. The molecule has 0 radical (unpaired) electrons. The first-order valence-electron chi connectivity index (χ1n) is 6.90. The molecule has 1 amide bonds. The number of carboxylic acid groups (broad SMARTS) is 1. The summed E-state index contributed by atoms with van der Waals surface area (Å²) in [6.45, 7) is 0. The summed E-state index contributed by atoms with van der Waals surface area (Å²) in [5.41, 5.74) is 0.918. The lowest BCUT2D eigenvalue weighted by atomic mass is 10.0. The van der Waals surface area contributed by atoms with Crippen LogP contribution in [0.5, 0.6) is 5.75 Å². The van der Waals surface area contributed by atoms with Crippen molar-refractivity contribution >= 4 is 23.5 Å². The fraction of sp³-hybridized carbons (Fsp3) is 0.176. The third-order valence-electron chi connectivity index (χ3n) is 3.31. The van der Waals surface area contributed by atoms with E-state index in [-0.39, 0.29) is 12.0 Å². The molecule has 0 aliphatic heterocycles. The first-order valence-corrected chi connectivity index (χ1v) is 7.28. The van der Waals surface area contributed by atoms with E-state index in [1.165, 1.54) is 7.11 Å². The molecular formula is C17H15ClNO4-. The first-order chi connectivity index (χ1) is 11.0. The van der Waals surface area contributed by atoms with Crippen LogP contribution in [0.2, 0.25) is 5.02 Å². The molecule has 0 saturated heterocycles. The minimum atomic E-state index is -1.26. The van der Waals surface area contributed by atoms with Gasteiger partial charge in [0.25, 0.3) is 5.91 Å². The summed E-state index contributed by atoms with van der Waals surface area (Å²) in [5, 5.41) is 14.0. The summed E-state index contributed by atoms with van der Waals surface area (Å²) in [4.78, 5) is 23.3. The molecule has 0 aromatic heterocycles. The Kier molecular flexibility index (Phi) is 5.60. The summed E-state index contributed by atoms with van der Waals surface area (Å²) >= 11 is 5.99. The third-order valence-corrected chi connectivity index (χ3v) is 3.64. The molecule has 1 atom stereocenters. The van der Waals surface area contributed by atoms with Crippen LogP contribution in [0.3, 0.4) is 0 Å². The van der Waals surface area contributed by atoms with Crippen molar-refractivity contribution in [2.45, 2.75) is 12.5 Å². The van der Waals surface area contributed by atoms with Crippen molar-refractivity contribution < 1.29 is 19.4 Å². The number of amides is 1. The highest BCUT2D eigenvalue weighted by atomic mass is 35.5. The van der Waals surface area contributed by atoms with Crippen molar-refractivity contribution in [1.82, 2.24) is 5.32 Å². The molecule has 0 aliphatic carbocycles. The van der Waals surface area contributed by atoms with Gasteiger partial charge in [-0.25, -0.2) is 0 Å². The molecule has 120 valence electrons. The lowest BCUT2D eigenvalue weighted by molar-refractivity contribution is -0.306. The predicted octanol–water partition coefficient (Wildman–Crippen LogP) is 1.96. The van der Waals surface area contributed by atoms with Crippen molar-refractivity contribution in [3.8, 4) is 5.75 Å². The van der Waals surface area contributed by atoms with Crippen LogP contribution in [-0.2, 0) is 4.79 Å². The highest BCUT2D eigenvalue weighted by molar-refractivity contribution is 6.33. The zero-order valence-electron chi connectivity index (χ0n) is 12.4. The van der Waals surface area contributed by atoms with E-state index in [1.54, 1.807) is 48.5 Å². The van der Waals surface area contributed by atoms with Crippen LogP contribution < -0.4 is 15.2 Å². The Labute approximate surface area is 138 Å². The molecule has 6 heteroatoms. The number of carbonyl (C=O) groups excluding carboxylic acids is 2. The van der Waals surface area contributed by atoms with E-state index in [9.17, 15) is 14.7 Å². The summed E-state index contributed by atoms with van der Waals surface area (Å²) in [6.07, 6.45) is -0.345.